The van der Waals surface area contributed by atoms with Crippen LogP contribution in [0.25, 0.3) is 0 Å². The van der Waals surface area contributed by atoms with Gasteiger partial charge in [0.25, 0.3) is 0 Å². The second-order valence-electron chi connectivity index (χ2n) is 4.32. The SMILES string of the molecule is [CH2]C1CC=C(CCC=C(C)C)CC1. The molecule has 0 spiro atoms. The van der Waals surface area contributed by atoms with E-state index in [1.54, 1.807) is 5.57 Å². The number of allylic oxidation sites excluding steroid dienone is 4. The molecule has 0 aromatic rings. The summed E-state index contributed by atoms with van der Waals surface area (Å²) in [6, 6.07) is 0. The van der Waals surface area contributed by atoms with Gasteiger partial charge in [0.1, 0.15) is 0 Å². The topological polar surface area (TPSA) is 0 Å². The molecule has 1 unspecified atom stereocenters. The molecular weight excluding hydrogens is 156 g/mol. The average molecular weight is 177 g/mol. The molecule has 0 heteroatoms. The van der Waals surface area contributed by atoms with E-state index in [1.807, 2.05) is 0 Å². The van der Waals surface area contributed by atoms with Crippen LogP contribution in [-0.2, 0) is 0 Å². The lowest BCUT2D eigenvalue weighted by molar-refractivity contribution is 0.553. The first-order valence-electron chi connectivity index (χ1n) is 5.33. The minimum atomic E-state index is 0.673. The first kappa shape index (κ1) is 10.6. The van der Waals surface area contributed by atoms with E-state index in [-0.39, 0.29) is 0 Å². The first-order chi connectivity index (χ1) is 6.18. The largest absolute Gasteiger partial charge is 0.0856 e. The molecule has 0 aliphatic heterocycles. The van der Waals surface area contributed by atoms with Crippen LogP contribution in [0.15, 0.2) is 23.3 Å². The molecule has 1 aliphatic carbocycles. The molecule has 0 heterocycles. The van der Waals surface area contributed by atoms with Crippen LogP contribution in [0.1, 0.15) is 46.0 Å². The molecule has 0 nitrogen and oxygen atoms in total. The van der Waals surface area contributed by atoms with Gasteiger partial charge in [-0.3, -0.25) is 0 Å². The fourth-order valence-electron chi connectivity index (χ4n) is 1.72. The van der Waals surface area contributed by atoms with Gasteiger partial charge in [0.15, 0.2) is 0 Å². The van der Waals surface area contributed by atoms with Crippen molar-refractivity contribution in [1.82, 2.24) is 0 Å². The van der Waals surface area contributed by atoms with E-state index < -0.39 is 0 Å². The summed E-state index contributed by atoms with van der Waals surface area (Å²) in [5.41, 5.74) is 3.09. The Balaban J connectivity index is 2.26. The van der Waals surface area contributed by atoms with Crippen molar-refractivity contribution < 1.29 is 0 Å². The highest BCUT2D eigenvalue weighted by atomic mass is 14.1. The molecule has 0 fully saturated rings. The Hall–Kier alpha value is -0.520. The van der Waals surface area contributed by atoms with Gasteiger partial charge in [-0.25, -0.2) is 0 Å². The Kier molecular flexibility index (Phi) is 4.27. The summed E-state index contributed by atoms with van der Waals surface area (Å²) in [7, 11) is 0. The van der Waals surface area contributed by atoms with Crippen LogP contribution in [0.2, 0.25) is 0 Å². The molecule has 1 aliphatic rings. The molecule has 1 radical (unpaired) electrons. The lowest BCUT2D eigenvalue weighted by Gasteiger charge is -2.17. The number of rotatable bonds is 3. The van der Waals surface area contributed by atoms with Crippen molar-refractivity contribution >= 4 is 0 Å². The highest BCUT2D eigenvalue weighted by Crippen LogP contribution is 2.25. The molecule has 73 valence electrons. The summed E-state index contributed by atoms with van der Waals surface area (Å²) in [5.74, 6) is 0.673. The Bertz CT molecular complexity index is 204. The maximum atomic E-state index is 4.08. The quantitative estimate of drug-likeness (QED) is 0.564. The van der Waals surface area contributed by atoms with Crippen molar-refractivity contribution in [2.75, 3.05) is 0 Å². The summed E-state index contributed by atoms with van der Waals surface area (Å²) in [6.07, 6.45) is 11.0. The first-order valence-corrected chi connectivity index (χ1v) is 5.33. The zero-order chi connectivity index (χ0) is 9.68. The van der Waals surface area contributed by atoms with Gasteiger partial charge in [-0.15, -0.1) is 0 Å². The maximum absolute atomic E-state index is 4.08. The monoisotopic (exact) mass is 177 g/mol. The third-order valence-corrected chi connectivity index (χ3v) is 2.63. The van der Waals surface area contributed by atoms with Crippen molar-refractivity contribution in [3.63, 3.8) is 0 Å². The normalized spacial score (nSPS) is 22.4. The molecule has 1 atom stereocenters. The van der Waals surface area contributed by atoms with Gasteiger partial charge in [-0.2, -0.15) is 0 Å². The van der Waals surface area contributed by atoms with Gasteiger partial charge in [-0.05, 0) is 58.8 Å². The van der Waals surface area contributed by atoms with E-state index in [0.29, 0.717) is 5.92 Å². The van der Waals surface area contributed by atoms with Crippen LogP contribution in [0.5, 0.6) is 0 Å². The molecule has 0 aromatic carbocycles. The molecule has 0 saturated carbocycles. The molecule has 0 saturated heterocycles. The van der Waals surface area contributed by atoms with Gasteiger partial charge in [0.05, 0.1) is 0 Å². The van der Waals surface area contributed by atoms with Crippen LogP contribution in [0.3, 0.4) is 0 Å². The standard InChI is InChI=1S/C13H21/c1-11(2)5-4-6-13-9-7-12(3)8-10-13/h5,9,12H,3-4,6-8,10H2,1-2H3. The van der Waals surface area contributed by atoms with Crippen molar-refractivity contribution in [1.29, 1.82) is 0 Å². The summed E-state index contributed by atoms with van der Waals surface area (Å²) >= 11 is 0. The van der Waals surface area contributed by atoms with Gasteiger partial charge < -0.3 is 0 Å². The van der Waals surface area contributed by atoms with Crippen molar-refractivity contribution in [2.24, 2.45) is 5.92 Å². The lowest BCUT2D eigenvalue weighted by atomic mass is 9.89. The van der Waals surface area contributed by atoms with Crippen molar-refractivity contribution in [3.8, 4) is 0 Å². The highest BCUT2D eigenvalue weighted by Gasteiger charge is 2.08. The molecule has 1 rings (SSSR count). The number of hydrogen-bond acceptors (Lipinski definition) is 0. The zero-order valence-corrected chi connectivity index (χ0v) is 8.97. The van der Waals surface area contributed by atoms with Crippen molar-refractivity contribution in [3.05, 3.63) is 30.2 Å². The Morgan fingerprint density at radius 2 is 2.38 bits per heavy atom. The predicted molar refractivity (Wildman–Crippen MR) is 59.4 cm³/mol. The summed E-state index contributed by atoms with van der Waals surface area (Å²) < 4.78 is 0. The molecule has 0 aromatic heterocycles. The van der Waals surface area contributed by atoms with E-state index in [0.717, 1.165) is 0 Å². The van der Waals surface area contributed by atoms with Crippen LogP contribution in [0.4, 0.5) is 0 Å². The van der Waals surface area contributed by atoms with Crippen LogP contribution in [-0.4, -0.2) is 0 Å². The fraction of sp³-hybridized carbons (Fsp3) is 0.615. The molecule has 0 N–H and O–H groups in total. The fourth-order valence-corrected chi connectivity index (χ4v) is 1.72. The van der Waals surface area contributed by atoms with E-state index in [9.17, 15) is 0 Å². The Labute approximate surface area is 82.7 Å². The second-order valence-corrected chi connectivity index (χ2v) is 4.32. The molecule has 0 amide bonds. The summed E-state index contributed by atoms with van der Waals surface area (Å²) in [4.78, 5) is 0. The second kappa shape index (κ2) is 5.26. The predicted octanol–water partition coefficient (Wildman–Crippen LogP) is 4.29. The number of hydrogen-bond donors (Lipinski definition) is 0. The van der Waals surface area contributed by atoms with Crippen LogP contribution >= 0.6 is 0 Å². The Morgan fingerprint density at radius 1 is 1.62 bits per heavy atom. The van der Waals surface area contributed by atoms with Crippen LogP contribution in [0, 0.1) is 12.8 Å². The maximum Gasteiger partial charge on any atom is -0.0285 e. The third-order valence-electron chi connectivity index (χ3n) is 2.63. The smallest absolute Gasteiger partial charge is 0.0285 e. The third kappa shape index (κ3) is 4.31. The van der Waals surface area contributed by atoms with Crippen LogP contribution < -0.4 is 0 Å². The summed E-state index contributed by atoms with van der Waals surface area (Å²) in [6.45, 7) is 8.42. The average Bonchev–Trinajstić information content (AvgIpc) is 2.08. The van der Waals surface area contributed by atoms with E-state index >= 15 is 0 Å². The molecule has 0 bridgehead atoms. The van der Waals surface area contributed by atoms with Crippen molar-refractivity contribution in [2.45, 2.75) is 46.0 Å². The highest BCUT2D eigenvalue weighted by molar-refractivity contribution is 5.08. The zero-order valence-electron chi connectivity index (χ0n) is 8.97. The van der Waals surface area contributed by atoms with E-state index in [1.165, 1.54) is 37.7 Å². The summed E-state index contributed by atoms with van der Waals surface area (Å²) in [5, 5.41) is 0. The van der Waals surface area contributed by atoms with E-state index in [2.05, 4.69) is 32.9 Å². The Morgan fingerprint density at radius 3 is 2.92 bits per heavy atom. The van der Waals surface area contributed by atoms with Gasteiger partial charge >= 0.3 is 0 Å². The minimum Gasteiger partial charge on any atom is -0.0856 e. The van der Waals surface area contributed by atoms with Gasteiger partial charge in [-0.1, -0.05) is 23.3 Å². The van der Waals surface area contributed by atoms with E-state index in [4.69, 9.17) is 0 Å². The molecular formula is C13H21. The minimum absolute atomic E-state index is 0.673. The lowest BCUT2D eigenvalue weighted by Crippen LogP contribution is -2.01. The van der Waals surface area contributed by atoms with Gasteiger partial charge in [0.2, 0.25) is 0 Å². The van der Waals surface area contributed by atoms with Gasteiger partial charge in [0, 0.05) is 0 Å². The molecule has 13 heavy (non-hydrogen) atoms.